The van der Waals surface area contributed by atoms with Gasteiger partial charge in [0.25, 0.3) is 0 Å². The first-order valence-electron chi connectivity index (χ1n) is 6.46. The lowest BCUT2D eigenvalue weighted by Crippen LogP contribution is -2.27. The standard InChI is InChI=1S/C15H16ClNS2/c1-10(11-8-15(16)19-9-11)17-13-6-7-18-14-5-3-2-4-12(13)14/h2-5,8-10,13,17H,6-7H2,1H3. The molecule has 1 N–H and O–H groups in total. The molecule has 0 saturated carbocycles. The Kier molecular flexibility index (Phi) is 4.18. The second-order valence-corrected chi connectivity index (χ2v) is 7.48. The summed E-state index contributed by atoms with van der Waals surface area (Å²) in [6.07, 6.45) is 1.18. The van der Waals surface area contributed by atoms with E-state index < -0.39 is 0 Å². The molecule has 0 fully saturated rings. The minimum absolute atomic E-state index is 0.338. The molecule has 1 aromatic heterocycles. The molecule has 2 unspecified atom stereocenters. The molecule has 0 aliphatic carbocycles. The maximum Gasteiger partial charge on any atom is 0.0931 e. The van der Waals surface area contributed by atoms with Gasteiger partial charge in [0, 0.05) is 17.0 Å². The average molecular weight is 310 g/mol. The number of hydrogen-bond donors (Lipinski definition) is 1. The highest BCUT2D eigenvalue weighted by Gasteiger charge is 2.22. The third-order valence-electron chi connectivity index (χ3n) is 3.50. The molecule has 2 heterocycles. The predicted molar refractivity (Wildman–Crippen MR) is 85.4 cm³/mol. The average Bonchev–Trinajstić information content (AvgIpc) is 2.86. The van der Waals surface area contributed by atoms with Gasteiger partial charge in [0.1, 0.15) is 0 Å². The molecular weight excluding hydrogens is 294 g/mol. The SMILES string of the molecule is CC(NC1CCSc2ccccc21)c1csc(Cl)c1. The van der Waals surface area contributed by atoms with Gasteiger partial charge in [0.15, 0.2) is 0 Å². The molecule has 1 nitrogen and oxygen atoms in total. The molecule has 1 aliphatic rings. The number of benzene rings is 1. The van der Waals surface area contributed by atoms with Gasteiger partial charge in [-0.05, 0) is 47.7 Å². The number of nitrogens with one attached hydrogen (secondary N) is 1. The quantitative estimate of drug-likeness (QED) is 0.827. The third kappa shape index (κ3) is 3.00. The first-order valence-corrected chi connectivity index (χ1v) is 8.70. The molecule has 1 aliphatic heterocycles. The minimum Gasteiger partial charge on any atom is -0.303 e. The molecule has 0 radical (unpaired) electrons. The Bertz CT molecular complexity index is 567. The molecule has 0 amide bonds. The van der Waals surface area contributed by atoms with E-state index in [1.54, 1.807) is 11.3 Å². The van der Waals surface area contributed by atoms with Crippen LogP contribution in [0.15, 0.2) is 40.6 Å². The summed E-state index contributed by atoms with van der Waals surface area (Å²) in [4.78, 5) is 1.42. The van der Waals surface area contributed by atoms with Crippen molar-refractivity contribution in [2.75, 3.05) is 5.75 Å². The first-order chi connectivity index (χ1) is 9.24. The lowest BCUT2D eigenvalue weighted by Gasteiger charge is -2.28. The Balaban J connectivity index is 1.77. The Morgan fingerprint density at radius 1 is 1.37 bits per heavy atom. The van der Waals surface area contributed by atoms with Crippen molar-refractivity contribution in [1.29, 1.82) is 0 Å². The van der Waals surface area contributed by atoms with E-state index in [1.165, 1.54) is 28.2 Å². The van der Waals surface area contributed by atoms with Crippen LogP contribution in [0.25, 0.3) is 0 Å². The smallest absolute Gasteiger partial charge is 0.0931 e. The van der Waals surface area contributed by atoms with Gasteiger partial charge in [-0.15, -0.1) is 23.1 Å². The van der Waals surface area contributed by atoms with Gasteiger partial charge in [-0.3, -0.25) is 0 Å². The van der Waals surface area contributed by atoms with Crippen LogP contribution in [0.3, 0.4) is 0 Å². The molecule has 2 atom stereocenters. The van der Waals surface area contributed by atoms with Crippen molar-refractivity contribution in [3.8, 4) is 0 Å². The van der Waals surface area contributed by atoms with Crippen LogP contribution in [-0.4, -0.2) is 5.75 Å². The third-order valence-corrected chi connectivity index (χ3v) is 5.73. The maximum absolute atomic E-state index is 6.02. The minimum atomic E-state index is 0.338. The van der Waals surface area contributed by atoms with Crippen LogP contribution in [0.1, 0.15) is 36.6 Å². The van der Waals surface area contributed by atoms with Crippen LogP contribution < -0.4 is 5.32 Å². The van der Waals surface area contributed by atoms with Crippen molar-refractivity contribution in [3.63, 3.8) is 0 Å². The lowest BCUT2D eigenvalue weighted by atomic mass is 10.0. The zero-order valence-corrected chi connectivity index (χ0v) is 13.1. The molecule has 1 aromatic carbocycles. The van der Waals surface area contributed by atoms with Crippen molar-refractivity contribution >= 4 is 34.7 Å². The fourth-order valence-corrected chi connectivity index (χ4v) is 4.57. The zero-order valence-electron chi connectivity index (χ0n) is 10.7. The summed E-state index contributed by atoms with van der Waals surface area (Å²) < 4.78 is 0.864. The zero-order chi connectivity index (χ0) is 13.2. The van der Waals surface area contributed by atoms with Crippen molar-refractivity contribution in [2.24, 2.45) is 0 Å². The molecule has 100 valence electrons. The van der Waals surface area contributed by atoms with Crippen LogP contribution in [0.4, 0.5) is 0 Å². The number of thioether (sulfide) groups is 1. The van der Waals surface area contributed by atoms with Gasteiger partial charge in [0.2, 0.25) is 0 Å². The van der Waals surface area contributed by atoms with E-state index in [2.05, 4.69) is 48.0 Å². The fourth-order valence-electron chi connectivity index (χ4n) is 2.46. The van der Waals surface area contributed by atoms with Crippen LogP contribution >= 0.6 is 34.7 Å². The van der Waals surface area contributed by atoms with Crippen molar-refractivity contribution < 1.29 is 0 Å². The first kappa shape index (κ1) is 13.5. The highest BCUT2D eigenvalue weighted by molar-refractivity contribution is 7.99. The lowest BCUT2D eigenvalue weighted by molar-refractivity contribution is 0.451. The van der Waals surface area contributed by atoms with Gasteiger partial charge < -0.3 is 5.32 Å². The Morgan fingerprint density at radius 3 is 3.00 bits per heavy atom. The van der Waals surface area contributed by atoms with Crippen LogP contribution in [0, 0.1) is 0 Å². The monoisotopic (exact) mass is 309 g/mol. The van der Waals surface area contributed by atoms with E-state index in [-0.39, 0.29) is 0 Å². The molecule has 2 aromatic rings. The largest absolute Gasteiger partial charge is 0.303 e. The van der Waals surface area contributed by atoms with Crippen LogP contribution in [0.5, 0.6) is 0 Å². The molecular formula is C15H16ClNS2. The second kappa shape index (κ2) is 5.88. The van der Waals surface area contributed by atoms with Crippen LogP contribution in [0.2, 0.25) is 4.34 Å². The van der Waals surface area contributed by atoms with Crippen molar-refractivity contribution in [2.45, 2.75) is 30.3 Å². The van der Waals surface area contributed by atoms with E-state index in [9.17, 15) is 0 Å². The Morgan fingerprint density at radius 2 is 2.21 bits per heavy atom. The summed E-state index contributed by atoms with van der Waals surface area (Å²) in [6, 6.07) is 11.6. The molecule has 0 saturated heterocycles. The summed E-state index contributed by atoms with van der Waals surface area (Å²) in [7, 11) is 0. The Labute approximate surface area is 127 Å². The summed E-state index contributed by atoms with van der Waals surface area (Å²) in [5.41, 5.74) is 2.72. The summed E-state index contributed by atoms with van der Waals surface area (Å²) in [5, 5.41) is 5.88. The van der Waals surface area contributed by atoms with E-state index in [0.29, 0.717) is 12.1 Å². The molecule has 3 rings (SSSR count). The van der Waals surface area contributed by atoms with E-state index >= 15 is 0 Å². The molecule has 0 bridgehead atoms. The van der Waals surface area contributed by atoms with Gasteiger partial charge >= 0.3 is 0 Å². The van der Waals surface area contributed by atoms with Gasteiger partial charge in [-0.2, -0.15) is 0 Å². The molecule has 19 heavy (non-hydrogen) atoms. The van der Waals surface area contributed by atoms with Crippen LogP contribution in [-0.2, 0) is 0 Å². The number of halogens is 1. The van der Waals surface area contributed by atoms with E-state index in [0.717, 1.165) is 4.34 Å². The van der Waals surface area contributed by atoms with Gasteiger partial charge in [-0.1, -0.05) is 29.8 Å². The van der Waals surface area contributed by atoms with E-state index in [4.69, 9.17) is 11.6 Å². The maximum atomic E-state index is 6.02. The highest BCUT2D eigenvalue weighted by atomic mass is 35.5. The predicted octanol–water partition coefficient (Wildman–Crippen LogP) is 5.29. The van der Waals surface area contributed by atoms with Crippen molar-refractivity contribution in [3.05, 3.63) is 51.2 Å². The highest BCUT2D eigenvalue weighted by Crippen LogP contribution is 2.37. The Hall–Kier alpha value is -0.480. The molecule has 4 heteroatoms. The molecule has 0 spiro atoms. The fraction of sp³-hybridized carbons (Fsp3) is 0.333. The number of fused-ring (bicyclic) bond motifs is 1. The van der Waals surface area contributed by atoms with E-state index in [1.807, 2.05) is 11.8 Å². The summed E-state index contributed by atoms with van der Waals surface area (Å²) in [5.74, 6) is 1.19. The normalized spacial score (nSPS) is 20.0. The number of hydrogen-bond acceptors (Lipinski definition) is 3. The topological polar surface area (TPSA) is 12.0 Å². The second-order valence-electron chi connectivity index (χ2n) is 4.80. The number of thiophene rings is 1. The number of rotatable bonds is 3. The van der Waals surface area contributed by atoms with Gasteiger partial charge in [0.05, 0.1) is 4.34 Å². The van der Waals surface area contributed by atoms with Gasteiger partial charge in [-0.25, -0.2) is 0 Å². The van der Waals surface area contributed by atoms with Crippen molar-refractivity contribution in [1.82, 2.24) is 5.32 Å². The summed E-state index contributed by atoms with van der Waals surface area (Å²) in [6.45, 7) is 2.21. The summed E-state index contributed by atoms with van der Waals surface area (Å²) >= 11 is 9.58.